The smallest absolute Gasteiger partial charge is 0.228 e. The minimum Gasteiger partial charge on any atom is -0.380 e. The Bertz CT molecular complexity index is 508. The predicted molar refractivity (Wildman–Crippen MR) is 73.8 cm³/mol. The van der Waals surface area contributed by atoms with Gasteiger partial charge >= 0.3 is 0 Å². The van der Waals surface area contributed by atoms with Gasteiger partial charge in [-0.05, 0) is 40.1 Å². The maximum Gasteiger partial charge on any atom is 0.228 e. The molecule has 3 nitrogen and oxygen atoms in total. The fraction of sp³-hybridized carbons (Fsp3) is 0.214. The Kier molecular flexibility index (Phi) is 4.50. The molecule has 0 aliphatic rings. The number of carbonyl (C=O) groups excluding carboxylic acids is 1. The molecule has 0 bridgehead atoms. The second-order valence-corrected chi connectivity index (χ2v) is 4.77. The predicted octanol–water partition coefficient (Wildman–Crippen LogP) is 3.08. The molecule has 0 unspecified atom stereocenters. The monoisotopic (exact) mass is 261 g/mol. The lowest BCUT2D eigenvalue weighted by atomic mass is 10.2. The highest BCUT2D eigenvalue weighted by Gasteiger charge is 2.04. The van der Waals surface area contributed by atoms with Crippen molar-refractivity contribution in [3.05, 3.63) is 52.2 Å². The third kappa shape index (κ3) is 3.68. The Morgan fingerprint density at radius 2 is 2.22 bits per heavy atom. The molecule has 0 saturated carbocycles. The highest BCUT2D eigenvalue weighted by atomic mass is 32.1. The van der Waals surface area contributed by atoms with Crippen molar-refractivity contribution in [2.75, 3.05) is 12.4 Å². The van der Waals surface area contributed by atoms with Crippen molar-refractivity contribution in [1.29, 1.82) is 0 Å². The standard InChI is InChI=1S/C14H15NO2S/c1-17-9-11-3-2-4-13(7-11)15-14(16)8-12-5-6-18-10-12/h2-7,10H,8-9H2,1H3,(H,15,16). The Morgan fingerprint density at radius 3 is 2.94 bits per heavy atom. The van der Waals surface area contributed by atoms with Crippen molar-refractivity contribution in [3.63, 3.8) is 0 Å². The third-order valence-corrected chi connectivity index (χ3v) is 3.20. The van der Waals surface area contributed by atoms with E-state index in [-0.39, 0.29) is 5.91 Å². The highest BCUT2D eigenvalue weighted by molar-refractivity contribution is 7.08. The van der Waals surface area contributed by atoms with Gasteiger partial charge in [0.15, 0.2) is 0 Å². The van der Waals surface area contributed by atoms with Crippen LogP contribution in [0.15, 0.2) is 41.1 Å². The van der Waals surface area contributed by atoms with E-state index in [1.54, 1.807) is 18.4 Å². The number of nitrogens with one attached hydrogen (secondary N) is 1. The molecule has 1 N–H and O–H groups in total. The molecular weight excluding hydrogens is 246 g/mol. The van der Waals surface area contributed by atoms with E-state index in [1.807, 2.05) is 41.1 Å². The Morgan fingerprint density at radius 1 is 1.33 bits per heavy atom. The molecule has 0 spiro atoms. The van der Waals surface area contributed by atoms with Crippen LogP contribution in [0.25, 0.3) is 0 Å². The molecule has 1 heterocycles. The van der Waals surface area contributed by atoms with Gasteiger partial charge in [-0.25, -0.2) is 0 Å². The molecule has 0 radical (unpaired) electrons. The number of carbonyl (C=O) groups is 1. The summed E-state index contributed by atoms with van der Waals surface area (Å²) in [6, 6.07) is 9.65. The summed E-state index contributed by atoms with van der Waals surface area (Å²) in [5.74, 6) is 0.00275. The van der Waals surface area contributed by atoms with Gasteiger partial charge in [0.1, 0.15) is 0 Å². The average molecular weight is 261 g/mol. The summed E-state index contributed by atoms with van der Waals surface area (Å²) in [6.45, 7) is 0.550. The quantitative estimate of drug-likeness (QED) is 0.898. The van der Waals surface area contributed by atoms with Crippen LogP contribution in [0.5, 0.6) is 0 Å². The highest BCUT2D eigenvalue weighted by Crippen LogP contribution is 2.13. The topological polar surface area (TPSA) is 38.3 Å². The van der Waals surface area contributed by atoms with Crippen LogP contribution in [-0.2, 0) is 22.6 Å². The van der Waals surface area contributed by atoms with Crippen LogP contribution < -0.4 is 5.32 Å². The zero-order valence-corrected chi connectivity index (χ0v) is 11.0. The third-order valence-electron chi connectivity index (χ3n) is 2.47. The zero-order valence-electron chi connectivity index (χ0n) is 10.2. The number of rotatable bonds is 5. The van der Waals surface area contributed by atoms with E-state index in [9.17, 15) is 4.79 Å². The number of ether oxygens (including phenoxy) is 1. The SMILES string of the molecule is COCc1cccc(NC(=O)Cc2ccsc2)c1. The van der Waals surface area contributed by atoms with Crippen molar-refractivity contribution in [2.45, 2.75) is 13.0 Å². The summed E-state index contributed by atoms with van der Waals surface area (Å²) >= 11 is 1.60. The molecule has 2 aromatic rings. The average Bonchev–Trinajstić information content (AvgIpc) is 2.82. The molecule has 1 amide bonds. The number of amides is 1. The number of hydrogen-bond acceptors (Lipinski definition) is 3. The zero-order chi connectivity index (χ0) is 12.8. The second-order valence-electron chi connectivity index (χ2n) is 3.99. The number of methoxy groups -OCH3 is 1. The van der Waals surface area contributed by atoms with Gasteiger partial charge in [0.25, 0.3) is 0 Å². The Labute approximate surface area is 110 Å². The molecule has 4 heteroatoms. The van der Waals surface area contributed by atoms with Crippen molar-refractivity contribution in [1.82, 2.24) is 0 Å². The normalized spacial score (nSPS) is 10.3. The first-order valence-corrected chi connectivity index (χ1v) is 6.61. The molecular formula is C14H15NO2S. The number of thiophene rings is 1. The summed E-state index contributed by atoms with van der Waals surface area (Å²) in [4.78, 5) is 11.8. The van der Waals surface area contributed by atoms with Gasteiger partial charge in [0, 0.05) is 12.8 Å². The number of benzene rings is 1. The van der Waals surface area contributed by atoms with Crippen LogP contribution >= 0.6 is 11.3 Å². The largest absolute Gasteiger partial charge is 0.380 e. The van der Waals surface area contributed by atoms with Gasteiger partial charge in [-0.2, -0.15) is 11.3 Å². The molecule has 1 aromatic heterocycles. The van der Waals surface area contributed by atoms with Gasteiger partial charge in [-0.1, -0.05) is 12.1 Å². The van der Waals surface area contributed by atoms with Crippen molar-refractivity contribution >= 4 is 22.9 Å². The molecule has 2 rings (SSSR count). The number of hydrogen-bond donors (Lipinski definition) is 1. The summed E-state index contributed by atoms with van der Waals surface area (Å²) in [5, 5.41) is 6.85. The summed E-state index contributed by atoms with van der Waals surface area (Å²) in [7, 11) is 1.65. The second kappa shape index (κ2) is 6.33. The molecule has 0 atom stereocenters. The first kappa shape index (κ1) is 12.8. The van der Waals surface area contributed by atoms with Crippen LogP contribution in [0.4, 0.5) is 5.69 Å². The van der Waals surface area contributed by atoms with E-state index >= 15 is 0 Å². The molecule has 1 aromatic carbocycles. The van der Waals surface area contributed by atoms with E-state index in [2.05, 4.69) is 5.32 Å². The van der Waals surface area contributed by atoms with Gasteiger partial charge in [0.2, 0.25) is 5.91 Å². The van der Waals surface area contributed by atoms with Crippen molar-refractivity contribution in [2.24, 2.45) is 0 Å². The van der Waals surface area contributed by atoms with Gasteiger partial charge in [0.05, 0.1) is 13.0 Å². The lowest BCUT2D eigenvalue weighted by molar-refractivity contribution is -0.115. The summed E-state index contributed by atoms with van der Waals surface area (Å²) < 4.78 is 5.06. The lowest BCUT2D eigenvalue weighted by Crippen LogP contribution is -2.14. The van der Waals surface area contributed by atoms with Crippen molar-refractivity contribution in [3.8, 4) is 0 Å². The lowest BCUT2D eigenvalue weighted by Gasteiger charge is -2.06. The first-order valence-electron chi connectivity index (χ1n) is 5.67. The van der Waals surface area contributed by atoms with Crippen LogP contribution in [0.3, 0.4) is 0 Å². The molecule has 0 aliphatic heterocycles. The maximum absolute atomic E-state index is 11.8. The maximum atomic E-state index is 11.8. The van der Waals surface area contributed by atoms with Crippen LogP contribution in [-0.4, -0.2) is 13.0 Å². The molecule has 0 aliphatic carbocycles. The van der Waals surface area contributed by atoms with Crippen molar-refractivity contribution < 1.29 is 9.53 Å². The molecule has 18 heavy (non-hydrogen) atoms. The molecule has 0 saturated heterocycles. The van der Waals surface area contributed by atoms with Gasteiger partial charge in [-0.3, -0.25) is 4.79 Å². The van der Waals surface area contributed by atoms with Crippen LogP contribution in [0.2, 0.25) is 0 Å². The van der Waals surface area contributed by atoms with Crippen LogP contribution in [0.1, 0.15) is 11.1 Å². The minimum absolute atomic E-state index is 0.00275. The van der Waals surface area contributed by atoms with E-state index in [0.717, 1.165) is 16.8 Å². The Balaban J connectivity index is 1.96. The molecule has 94 valence electrons. The summed E-state index contributed by atoms with van der Waals surface area (Å²) in [5.41, 5.74) is 2.90. The fourth-order valence-electron chi connectivity index (χ4n) is 1.69. The van der Waals surface area contributed by atoms with E-state index < -0.39 is 0 Å². The van der Waals surface area contributed by atoms with E-state index in [1.165, 1.54) is 0 Å². The fourth-order valence-corrected chi connectivity index (χ4v) is 2.36. The molecule has 0 fully saturated rings. The summed E-state index contributed by atoms with van der Waals surface area (Å²) in [6.07, 6.45) is 0.415. The number of anilines is 1. The minimum atomic E-state index is 0.00275. The first-order chi connectivity index (χ1) is 8.78. The van der Waals surface area contributed by atoms with Gasteiger partial charge in [-0.15, -0.1) is 0 Å². The van der Waals surface area contributed by atoms with E-state index in [0.29, 0.717) is 13.0 Å². The Hall–Kier alpha value is -1.65. The van der Waals surface area contributed by atoms with E-state index in [4.69, 9.17) is 4.74 Å². The van der Waals surface area contributed by atoms with Crippen LogP contribution in [0, 0.1) is 0 Å². The van der Waals surface area contributed by atoms with Gasteiger partial charge < -0.3 is 10.1 Å².